The predicted octanol–water partition coefficient (Wildman–Crippen LogP) is 4.15. The molecule has 0 atom stereocenters. The van der Waals surface area contributed by atoms with Gasteiger partial charge in [0.1, 0.15) is 23.0 Å². The molecule has 1 heterocycles. The van der Waals surface area contributed by atoms with Crippen molar-refractivity contribution >= 4 is 17.2 Å². The van der Waals surface area contributed by atoms with Crippen LogP contribution in [-0.2, 0) is 6.54 Å². The molecule has 1 aromatic heterocycles. The Hall–Kier alpha value is -3.35. The van der Waals surface area contributed by atoms with E-state index in [-0.39, 0.29) is 23.5 Å². The van der Waals surface area contributed by atoms with Crippen LogP contribution < -0.4 is 10.9 Å². The number of rotatable bonds is 5. The molecular formula is C20H17F2N3O2. The molecule has 2 aromatic carbocycles. The highest BCUT2D eigenvalue weighted by atomic mass is 19.1. The molecule has 0 spiro atoms. The number of ketones is 1. The molecule has 7 heteroatoms. The van der Waals surface area contributed by atoms with Crippen LogP contribution in [0, 0.1) is 11.6 Å². The van der Waals surface area contributed by atoms with Crippen LogP contribution in [0.15, 0.2) is 53.3 Å². The van der Waals surface area contributed by atoms with E-state index in [2.05, 4.69) is 10.4 Å². The van der Waals surface area contributed by atoms with Gasteiger partial charge in [0.25, 0.3) is 5.56 Å². The van der Waals surface area contributed by atoms with Crippen molar-refractivity contribution in [1.82, 2.24) is 9.78 Å². The zero-order valence-corrected chi connectivity index (χ0v) is 14.8. The minimum absolute atomic E-state index is 0.0239. The summed E-state index contributed by atoms with van der Waals surface area (Å²) in [6.45, 7) is 3.27. The third-order valence-electron chi connectivity index (χ3n) is 4.00. The standard InChI is InChI=1S/C20H17F2N3O2/c1-3-25-20(27)19(23-16-9-5-8-15(22)11-16)17(12(2)26)18(24-25)13-6-4-7-14(21)10-13/h4-11,23H,3H2,1-2H3. The molecule has 1 N–H and O–H groups in total. The number of halogens is 2. The van der Waals surface area contributed by atoms with Crippen molar-refractivity contribution in [3.63, 3.8) is 0 Å². The fourth-order valence-electron chi connectivity index (χ4n) is 2.79. The van der Waals surface area contributed by atoms with Gasteiger partial charge in [-0.05, 0) is 44.2 Å². The average Bonchev–Trinajstić information content (AvgIpc) is 2.63. The number of nitrogens with zero attached hydrogens (tertiary/aromatic N) is 2. The molecule has 0 aliphatic heterocycles. The predicted molar refractivity (Wildman–Crippen MR) is 99.3 cm³/mol. The lowest BCUT2D eigenvalue weighted by Gasteiger charge is -2.16. The van der Waals surface area contributed by atoms with Gasteiger partial charge >= 0.3 is 0 Å². The molecule has 0 saturated heterocycles. The zero-order valence-electron chi connectivity index (χ0n) is 14.8. The zero-order chi connectivity index (χ0) is 19.6. The molecule has 0 fully saturated rings. The highest BCUT2D eigenvalue weighted by molar-refractivity contribution is 6.05. The van der Waals surface area contributed by atoms with E-state index in [1.165, 1.54) is 48.0 Å². The van der Waals surface area contributed by atoms with Crippen molar-refractivity contribution in [2.45, 2.75) is 20.4 Å². The van der Waals surface area contributed by atoms with Gasteiger partial charge in [0, 0.05) is 17.8 Å². The Bertz CT molecular complexity index is 1080. The second kappa shape index (κ2) is 7.49. The second-order valence-electron chi connectivity index (χ2n) is 5.92. The molecule has 0 aliphatic rings. The van der Waals surface area contributed by atoms with Crippen LogP contribution in [-0.4, -0.2) is 15.6 Å². The second-order valence-corrected chi connectivity index (χ2v) is 5.92. The van der Waals surface area contributed by atoms with Crippen LogP contribution in [0.5, 0.6) is 0 Å². The summed E-state index contributed by atoms with van der Waals surface area (Å²) in [5.74, 6) is -1.39. The summed E-state index contributed by atoms with van der Waals surface area (Å²) >= 11 is 0. The van der Waals surface area contributed by atoms with Crippen LogP contribution >= 0.6 is 0 Å². The summed E-state index contributed by atoms with van der Waals surface area (Å²) in [6, 6.07) is 11.2. The molecule has 3 rings (SSSR count). The Kier molecular flexibility index (Phi) is 5.12. The molecule has 0 aliphatic carbocycles. The lowest BCUT2D eigenvalue weighted by molar-refractivity contribution is 0.101. The number of hydrogen-bond acceptors (Lipinski definition) is 4. The summed E-state index contributed by atoms with van der Waals surface area (Å²) in [4.78, 5) is 25.1. The monoisotopic (exact) mass is 369 g/mol. The van der Waals surface area contributed by atoms with E-state index in [9.17, 15) is 18.4 Å². The van der Waals surface area contributed by atoms with Gasteiger partial charge in [-0.2, -0.15) is 5.10 Å². The Labute approximate surface area is 154 Å². The topological polar surface area (TPSA) is 64.0 Å². The van der Waals surface area contributed by atoms with Gasteiger partial charge in [0.15, 0.2) is 5.78 Å². The first kappa shape index (κ1) is 18.4. The summed E-state index contributed by atoms with van der Waals surface area (Å²) in [7, 11) is 0. The molecule has 138 valence electrons. The molecular weight excluding hydrogens is 352 g/mol. The van der Waals surface area contributed by atoms with E-state index >= 15 is 0 Å². The SMILES string of the molecule is CCn1nc(-c2cccc(F)c2)c(C(C)=O)c(Nc2cccc(F)c2)c1=O. The van der Waals surface area contributed by atoms with Crippen molar-refractivity contribution in [2.75, 3.05) is 5.32 Å². The molecule has 5 nitrogen and oxygen atoms in total. The lowest BCUT2D eigenvalue weighted by atomic mass is 10.0. The van der Waals surface area contributed by atoms with Gasteiger partial charge in [-0.1, -0.05) is 18.2 Å². The van der Waals surface area contributed by atoms with Gasteiger partial charge < -0.3 is 5.32 Å². The molecule has 0 amide bonds. The first-order valence-corrected chi connectivity index (χ1v) is 8.35. The molecule has 0 radical (unpaired) electrons. The molecule has 0 unspecified atom stereocenters. The number of Topliss-reactive ketones (excluding diaryl/α,β-unsaturated/α-hetero) is 1. The van der Waals surface area contributed by atoms with Crippen LogP contribution in [0.3, 0.4) is 0 Å². The number of aryl methyl sites for hydroxylation is 1. The van der Waals surface area contributed by atoms with Gasteiger partial charge in [0.2, 0.25) is 0 Å². The normalized spacial score (nSPS) is 10.7. The number of anilines is 2. The smallest absolute Gasteiger partial charge is 0.291 e. The quantitative estimate of drug-likeness (QED) is 0.686. The minimum atomic E-state index is -0.521. The molecule has 0 bridgehead atoms. The van der Waals surface area contributed by atoms with Crippen molar-refractivity contribution in [2.24, 2.45) is 0 Å². The number of aromatic nitrogens is 2. The largest absolute Gasteiger partial charge is 0.350 e. The highest BCUT2D eigenvalue weighted by Gasteiger charge is 2.22. The third-order valence-corrected chi connectivity index (χ3v) is 4.00. The van der Waals surface area contributed by atoms with Crippen molar-refractivity contribution < 1.29 is 13.6 Å². The first-order chi connectivity index (χ1) is 12.9. The fourth-order valence-corrected chi connectivity index (χ4v) is 2.79. The summed E-state index contributed by atoms with van der Waals surface area (Å²) in [6.07, 6.45) is 0. The number of benzene rings is 2. The van der Waals surface area contributed by atoms with E-state index < -0.39 is 23.0 Å². The van der Waals surface area contributed by atoms with Crippen molar-refractivity contribution in [3.05, 3.63) is 76.1 Å². The van der Waals surface area contributed by atoms with Crippen LogP contribution in [0.2, 0.25) is 0 Å². The van der Waals surface area contributed by atoms with E-state index in [0.29, 0.717) is 11.3 Å². The van der Waals surface area contributed by atoms with Crippen molar-refractivity contribution in [3.8, 4) is 11.3 Å². The highest BCUT2D eigenvalue weighted by Crippen LogP contribution is 2.28. The van der Waals surface area contributed by atoms with Gasteiger partial charge in [0.05, 0.1) is 5.56 Å². The van der Waals surface area contributed by atoms with Crippen LogP contribution in [0.4, 0.5) is 20.2 Å². The van der Waals surface area contributed by atoms with Crippen molar-refractivity contribution in [1.29, 1.82) is 0 Å². The number of carbonyl (C=O) groups excluding carboxylic acids is 1. The number of nitrogens with one attached hydrogen (secondary N) is 1. The molecule has 27 heavy (non-hydrogen) atoms. The Morgan fingerprint density at radius 2 is 1.78 bits per heavy atom. The fraction of sp³-hybridized carbons (Fsp3) is 0.150. The number of carbonyl (C=O) groups is 1. The Morgan fingerprint density at radius 1 is 1.11 bits per heavy atom. The maximum atomic E-state index is 13.7. The van der Waals surface area contributed by atoms with Crippen LogP contribution in [0.25, 0.3) is 11.3 Å². The summed E-state index contributed by atoms with van der Waals surface area (Å²) in [5, 5.41) is 7.08. The van der Waals surface area contributed by atoms with E-state index in [4.69, 9.17) is 0 Å². The lowest BCUT2D eigenvalue weighted by Crippen LogP contribution is -2.28. The number of hydrogen-bond donors (Lipinski definition) is 1. The first-order valence-electron chi connectivity index (χ1n) is 8.35. The maximum Gasteiger partial charge on any atom is 0.291 e. The van der Waals surface area contributed by atoms with Gasteiger partial charge in [-0.3, -0.25) is 9.59 Å². The summed E-state index contributed by atoms with van der Waals surface area (Å²) < 4.78 is 28.4. The van der Waals surface area contributed by atoms with E-state index in [0.717, 1.165) is 0 Å². The maximum absolute atomic E-state index is 13.7. The Morgan fingerprint density at radius 3 is 2.37 bits per heavy atom. The minimum Gasteiger partial charge on any atom is -0.350 e. The molecule has 0 saturated carbocycles. The van der Waals surface area contributed by atoms with Gasteiger partial charge in [-0.15, -0.1) is 0 Å². The van der Waals surface area contributed by atoms with E-state index in [1.807, 2.05) is 0 Å². The third kappa shape index (κ3) is 3.76. The summed E-state index contributed by atoms with van der Waals surface area (Å²) in [5.41, 5.74) is 0.344. The van der Waals surface area contributed by atoms with E-state index in [1.54, 1.807) is 19.1 Å². The average molecular weight is 369 g/mol. The molecule has 3 aromatic rings. The Balaban J connectivity index is 2.29. The van der Waals surface area contributed by atoms with Gasteiger partial charge in [-0.25, -0.2) is 13.5 Å². The van der Waals surface area contributed by atoms with Crippen LogP contribution in [0.1, 0.15) is 24.2 Å².